The number of aryl methyl sites for hydroxylation is 1. The summed E-state index contributed by atoms with van der Waals surface area (Å²) in [5, 5.41) is 8.91. The normalized spacial score (nSPS) is 9.47. The molecule has 78 valence electrons. The van der Waals surface area contributed by atoms with E-state index in [1.807, 2.05) is 6.07 Å². The topological polar surface area (TPSA) is 50.1 Å². The second-order valence-corrected chi connectivity index (χ2v) is 3.34. The first-order valence-electron chi connectivity index (χ1n) is 4.32. The molecule has 0 spiro atoms. The molecule has 1 aromatic carbocycles. The molecule has 0 unspecified atom stereocenters. The van der Waals surface area contributed by atoms with E-state index in [9.17, 15) is 4.79 Å². The van der Waals surface area contributed by atoms with Gasteiger partial charge in [0.25, 0.3) is 0 Å². The number of ether oxygens (including phenoxy) is 1. The third-order valence-electron chi connectivity index (χ3n) is 2.06. The molecule has 0 N–H and O–H groups in total. The molecular formula is C11H10ClNO2. The summed E-state index contributed by atoms with van der Waals surface area (Å²) in [6, 6.07) is 5.35. The van der Waals surface area contributed by atoms with Crippen molar-refractivity contribution in [1.82, 2.24) is 0 Å². The molecule has 0 aliphatic rings. The highest BCUT2D eigenvalue weighted by atomic mass is 35.5. The highest BCUT2D eigenvalue weighted by Crippen LogP contribution is 2.18. The van der Waals surface area contributed by atoms with E-state index >= 15 is 0 Å². The second-order valence-electron chi connectivity index (χ2n) is 3.07. The molecule has 0 aromatic heterocycles. The molecule has 0 saturated carbocycles. The number of rotatable bonds is 2. The maximum atomic E-state index is 11.4. The summed E-state index contributed by atoms with van der Waals surface area (Å²) in [5.74, 6) is -0.179. The van der Waals surface area contributed by atoms with Gasteiger partial charge in [-0.2, -0.15) is 5.26 Å². The minimum absolute atomic E-state index is 0.303. The number of hydrogen-bond acceptors (Lipinski definition) is 3. The van der Waals surface area contributed by atoms with Gasteiger partial charge < -0.3 is 4.74 Å². The van der Waals surface area contributed by atoms with E-state index in [1.54, 1.807) is 19.1 Å². The molecule has 0 radical (unpaired) electrons. The number of methoxy groups -OCH3 is 1. The number of nitriles is 1. The molecular weight excluding hydrogens is 214 g/mol. The number of carbonyl (C=O) groups is 1. The Hall–Kier alpha value is -1.53. The van der Waals surface area contributed by atoms with Gasteiger partial charge in [-0.1, -0.05) is 6.07 Å². The molecule has 4 heteroatoms. The van der Waals surface area contributed by atoms with Crippen LogP contribution in [0, 0.1) is 18.3 Å². The van der Waals surface area contributed by atoms with Crippen LogP contribution in [0.4, 0.5) is 0 Å². The van der Waals surface area contributed by atoms with Crippen molar-refractivity contribution in [2.24, 2.45) is 0 Å². The summed E-state index contributed by atoms with van der Waals surface area (Å²) < 4.78 is 4.61. The minimum Gasteiger partial charge on any atom is -0.465 e. The summed E-state index contributed by atoms with van der Waals surface area (Å²) in [4.78, 5) is 11.4. The maximum Gasteiger partial charge on any atom is 0.339 e. The van der Waals surface area contributed by atoms with Crippen molar-refractivity contribution < 1.29 is 9.53 Å². The predicted molar refractivity (Wildman–Crippen MR) is 56.8 cm³/mol. The number of alkyl halides is 1. The van der Waals surface area contributed by atoms with Gasteiger partial charge in [0, 0.05) is 5.88 Å². The van der Waals surface area contributed by atoms with E-state index in [0.717, 1.165) is 5.56 Å². The fourth-order valence-electron chi connectivity index (χ4n) is 1.40. The van der Waals surface area contributed by atoms with Gasteiger partial charge in [-0.25, -0.2) is 4.79 Å². The lowest BCUT2D eigenvalue weighted by Crippen LogP contribution is -2.07. The van der Waals surface area contributed by atoms with Crippen molar-refractivity contribution in [3.63, 3.8) is 0 Å². The Labute approximate surface area is 93.2 Å². The number of halogens is 1. The predicted octanol–water partition coefficient (Wildman–Crippen LogP) is 2.39. The van der Waals surface area contributed by atoms with Gasteiger partial charge in [-0.3, -0.25) is 0 Å². The van der Waals surface area contributed by atoms with E-state index in [1.165, 1.54) is 7.11 Å². The molecule has 1 aromatic rings. The highest BCUT2D eigenvalue weighted by molar-refractivity contribution is 6.17. The van der Waals surface area contributed by atoms with Gasteiger partial charge in [-0.15, -0.1) is 11.6 Å². The van der Waals surface area contributed by atoms with Crippen LogP contribution in [-0.2, 0) is 10.6 Å². The SMILES string of the molecule is COC(=O)c1c(C)cc(CCl)cc1C#N. The fraction of sp³-hybridized carbons (Fsp3) is 0.273. The van der Waals surface area contributed by atoms with Gasteiger partial charge in [0.2, 0.25) is 0 Å². The maximum absolute atomic E-state index is 11.4. The average Bonchev–Trinajstić information content (AvgIpc) is 2.26. The van der Waals surface area contributed by atoms with Crippen LogP contribution in [0.2, 0.25) is 0 Å². The number of esters is 1. The molecule has 0 heterocycles. The lowest BCUT2D eigenvalue weighted by Gasteiger charge is -2.07. The van der Waals surface area contributed by atoms with Crippen LogP contribution in [0.25, 0.3) is 0 Å². The Balaban J connectivity index is 3.39. The van der Waals surface area contributed by atoms with Crippen molar-refractivity contribution in [3.8, 4) is 6.07 Å². The first kappa shape index (κ1) is 11.5. The summed E-state index contributed by atoms with van der Waals surface area (Å²) in [6.45, 7) is 1.75. The number of benzene rings is 1. The van der Waals surface area contributed by atoms with Crippen molar-refractivity contribution in [2.45, 2.75) is 12.8 Å². The molecule has 0 saturated heterocycles. The summed E-state index contributed by atoms with van der Waals surface area (Å²) in [7, 11) is 1.29. The Kier molecular flexibility index (Phi) is 3.70. The van der Waals surface area contributed by atoms with Crippen molar-refractivity contribution in [2.75, 3.05) is 7.11 Å². The van der Waals surface area contributed by atoms with E-state index in [0.29, 0.717) is 22.6 Å². The van der Waals surface area contributed by atoms with E-state index in [2.05, 4.69) is 4.74 Å². The Morgan fingerprint density at radius 1 is 1.60 bits per heavy atom. The van der Waals surface area contributed by atoms with E-state index < -0.39 is 5.97 Å². The van der Waals surface area contributed by atoms with Crippen LogP contribution in [-0.4, -0.2) is 13.1 Å². The lowest BCUT2D eigenvalue weighted by atomic mass is 10.00. The average molecular weight is 224 g/mol. The van der Waals surface area contributed by atoms with Crippen LogP contribution in [0.1, 0.15) is 27.0 Å². The number of nitrogens with zero attached hydrogens (tertiary/aromatic N) is 1. The molecule has 0 aliphatic carbocycles. The van der Waals surface area contributed by atoms with Crippen LogP contribution in [0.15, 0.2) is 12.1 Å². The van der Waals surface area contributed by atoms with Gasteiger partial charge in [0.15, 0.2) is 0 Å². The molecule has 0 bridgehead atoms. The molecule has 0 amide bonds. The first-order valence-corrected chi connectivity index (χ1v) is 4.85. The Morgan fingerprint density at radius 3 is 2.73 bits per heavy atom. The first-order chi connectivity index (χ1) is 7.13. The summed E-state index contributed by atoms with van der Waals surface area (Å²) in [6.07, 6.45) is 0. The molecule has 15 heavy (non-hydrogen) atoms. The lowest BCUT2D eigenvalue weighted by molar-refractivity contribution is 0.0599. The Morgan fingerprint density at radius 2 is 2.27 bits per heavy atom. The number of carbonyl (C=O) groups excluding carboxylic acids is 1. The molecule has 0 fully saturated rings. The largest absolute Gasteiger partial charge is 0.465 e. The number of hydrogen-bond donors (Lipinski definition) is 0. The third kappa shape index (κ3) is 2.28. The summed E-state index contributed by atoms with van der Waals surface area (Å²) in [5.41, 5.74) is 2.14. The summed E-state index contributed by atoms with van der Waals surface area (Å²) >= 11 is 5.67. The Bertz CT molecular complexity index is 435. The van der Waals surface area contributed by atoms with Crippen LogP contribution in [0.5, 0.6) is 0 Å². The van der Waals surface area contributed by atoms with Crippen molar-refractivity contribution in [3.05, 3.63) is 34.4 Å². The van der Waals surface area contributed by atoms with Crippen molar-refractivity contribution in [1.29, 1.82) is 5.26 Å². The highest BCUT2D eigenvalue weighted by Gasteiger charge is 2.15. The van der Waals surface area contributed by atoms with Gasteiger partial charge in [-0.05, 0) is 24.1 Å². The van der Waals surface area contributed by atoms with E-state index in [4.69, 9.17) is 16.9 Å². The monoisotopic (exact) mass is 223 g/mol. The van der Waals surface area contributed by atoms with Gasteiger partial charge >= 0.3 is 5.97 Å². The van der Waals surface area contributed by atoms with Crippen LogP contribution >= 0.6 is 11.6 Å². The zero-order chi connectivity index (χ0) is 11.4. The molecule has 0 aliphatic heterocycles. The zero-order valence-corrected chi connectivity index (χ0v) is 9.26. The smallest absolute Gasteiger partial charge is 0.339 e. The van der Waals surface area contributed by atoms with Crippen LogP contribution < -0.4 is 0 Å². The zero-order valence-electron chi connectivity index (χ0n) is 8.50. The molecule has 1 rings (SSSR count). The van der Waals surface area contributed by atoms with E-state index in [-0.39, 0.29) is 0 Å². The molecule has 3 nitrogen and oxygen atoms in total. The molecule has 0 atom stereocenters. The van der Waals surface area contributed by atoms with Gasteiger partial charge in [0.1, 0.15) is 6.07 Å². The standard InChI is InChI=1S/C11H10ClNO2/c1-7-3-8(5-12)4-9(6-13)10(7)11(14)15-2/h3-4H,5H2,1-2H3. The van der Waals surface area contributed by atoms with Gasteiger partial charge in [0.05, 0.1) is 18.2 Å². The fourth-order valence-corrected chi connectivity index (χ4v) is 1.55. The third-order valence-corrected chi connectivity index (χ3v) is 2.37. The van der Waals surface area contributed by atoms with Crippen LogP contribution in [0.3, 0.4) is 0 Å². The quantitative estimate of drug-likeness (QED) is 0.571. The minimum atomic E-state index is -0.495. The van der Waals surface area contributed by atoms with Crippen molar-refractivity contribution >= 4 is 17.6 Å². The second kappa shape index (κ2) is 4.81.